The van der Waals surface area contributed by atoms with Crippen LogP contribution in [-0.2, 0) is 6.42 Å². The monoisotopic (exact) mass is 416 g/mol. The molecule has 0 radical (unpaired) electrons. The van der Waals surface area contributed by atoms with Crippen molar-refractivity contribution in [1.82, 2.24) is 14.9 Å². The van der Waals surface area contributed by atoms with E-state index in [-0.39, 0.29) is 5.75 Å². The fourth-order valence-corrected chi connectivity index (χ4v) is 5.00. The van der Waals surface area contributed by atoms with E-state index in [1.807, 2.05) is 6.07 Å². The van der Waals surface area contributed by atoms with Gasteiger partial charge in [-0.25, -0.2) is 9.97 Å². The Morgan fingerprint density at radius 3 is 2.63 bits per heavy atom. The molecule has 0 amide bonds. The smallest absolute Gasteiger partial charge is 0.151 e. The van der Waals surface area contributed by atoms with Gasteiger partial charge in [0.25, 0.3) is 0 Å². The van der Waals surface area contributed by atoms with Crippen molar-refractivity contribution >= 4 is 33.1 Å². The van der Waals surface area contributed by atoms with Crippen LogP contribution in [0.25, 0.3) is 20.7 Å². The summed E-state index contributed by atoms with van der Waals surface area (Å²) in [6.07, 6.45) is 5.37. The molecule has 1 fully saturated rings. The fourth-order valence-electron chi connectivity index (χ4n) is 3.94. The molecule has 1 saturated heterocycles. The van der Waals surface area contributed by atoms with E-state index in [2.05, 4.69) is 50.5 Å². The number of rotatable bonds is 6. The maximum Gasteiger partial charge on any atom is 0.151 e. The Morgan fingerprint density at radius 2 is 1.83 bits per heavy atom. The van der Waals surface area contributed by atoms with E-state index in [0.717, 1.165) is 34.7 Å². The lowest BCUT2D eigenvalue weighted by atomic mass is 10.1. The molecule has 0 atom stereocenters. The first-order valence-corrected chi connectivity index (χ1v) is 11.2. The second-order valence-electron chi connectivity index (χ2n) is 7.72. The van der Waals surface area contributed by atoms with Gasteiger partial charge in [0.15, 0.2) is 5.82 Å². The van der Waals surface area contributed by atoms with Gasteiger partial charge in [-0.1, -0.05) is 30.3 Å². The number of phenolic OH excluding ortho intramolecular Hbond substituents is 1. The normalized spacial score (nSPS) is 14.4. The molecule has 6 heteroatoms. The van der Waals surface area contributed by atoms with Crippen LogP contribution >= 0.6 is 11.3 Å². The van der Waals surface area contributed by atoms with Gasteiger partial charge in [0, 0.05) is 23.2 Å². The van der Waals surface area contributed by atoms with Crippen LogP contribution in [-0.4, -0.2) is 39.6 Å². The number of aromatic nitrogens is 2. The van der Waals surface area contributed by atoms with E-state index in [1.54, 1.807) is 35.9 Å². The molecular weight excluding hydrogens is 392 g/mol. The number of hydrogen-bond donors (Lipinski definition) is 2. The van der Waals surface area contributed by atoms with Crippen LogP contribution in [0.2, 0.25) is 0 Å². The van der Waals surface area contributed by atoms with Gasteiger partial charge in [0.2, 0.25) is 0 Å². The molecule has 2 aromatic heterocycles. The summed E-state index contributed by atoms with van der Waals surface area (Å²) in [6, 6.07) is 18.1. The first-order chi connectivity index (χ1) is 14.7. The Labute approximate surface area is 180 Å². The highest BCUT2D eigenvalue weighted by molar-refractivity contribution is 7.22. The van der Waals surface area contributed by atoms with E-state index in [1.165, 1.54) is 41.9 Å². The zero-order valence-electron chi connectivity index (χ0n) is 16.7. The van der Waals surface area contributed by atoms with Gasteiger partial charge in [-0.3, -0.25) is 0 Å². The second-order valence-corrected chi connectivity index (χ2v) is 8.77. The van der Waals surface area contributed by atoms with Gasteiger partial charge in [-0.15, -0.1) is 11.3 Å². The minimum Gasteiger partial charge on any atom is -0.508 e. The molecule has 0 aliphatic carbocycles. The topological polar surface area (TPSA) is 61.3 Å². The summed E-state index contributed by atoms with van der Waals surface area (Å²) in [7, 11) is 0. The van der Waals surface area contributed by atoms with Crippen molar-refractivity contribution in [2.75, 3.05) is 25.0 Å². The predicted octanol–water partition coefficient (Wildman–Crippen LogP) is 5.45. The minimum atomic E-state index is 0.224. The van der Waals surface area contributed by atoms with Crippen molar-refractivity contribution in [3.63, 3.8) is 0 Å². The number of thiophene rings is 1. The van der Waals surface area contributed by atoms with Gasteiger partial charge in [0.1, 0.15) is 12.1 Å². The Hall–Kier alpha value is -2.96. The average molecular weight is 417 g/mol. The SMILES string of the molecule is Oc1cccc(Nc2ncnc3cc(-c4ccc(CCN5CCCC5)cc4)sc23)c1. The molecule has 1 aliphatic heterocycles. The Kier molecular flexibility index (Phi) is 5.34. The quantitative estimate of drug-likeness (QED) is 0.438. The molecule has 2 aromatic carbocycles. The lowest BCUT2D eigenvalue weighted by Gasteiger charge is -2.14. The summed E-state index contributed by atoms with van der Waals surface area (Å²) in [5, 5.41) is 13.0. The molecule has 2 N–H and O–H groups in total. The molecule has 3 heterocycles. The minimum absolute atomic E-state index is 0.224. The Balaban J connectivity index is 1.35. The van der Waals surface area contributed by atoms with Crippen molar-refractivity contribution in [2.24, 2.45) is 0 Å². The third kappa shape index (κ3) is 4.15. The molecule has 0 saturated carbocycles. The number of benzene rings is 2. The molecule has 30 heavy (non-hydrogen) atoms. The molecule has 0 bridgehead atoms. The Bertz CT molecular complexity index is 1150. The van der Waals surface area contributed by atoms with E-state index in [0.29, 0.717) is 0 Å². The van der Waals surface area contributed by atoms with Gasteiger partial charge in [-0.05, 0) is 61.7 Å². The fraction of sp³-hybridized carbons (Fsp3) is 0.250. The maximum atomic E-state index is 9.71. The Morgan fingerprint density at radius 1 is 1.00 bits per heavy atom. The zero-order chi connectivity index (χ0) is 20.3. The molecule has 5 rings (SSSR count). The molecule has 4 aromatic rings. The number of fused-ring (bicyclic) bond motifs is 1. The van der Waals surface area contributed by atoms with E-state index < -0.39 is 0 Å². The summed E-state index contributed by atoms with van der Waals surface area (Å²) in [5.41, 5.74) is 4.31. The molecule has 5 nitrogen and oxygen atoms in total. The third-order valence-electron chi connectivity index (χ3n) is 5.57. The summed E-state index contributed by atoms with van der Waals surface area (Å²) >= 11 is 1.68. The van der Waals surface area contributed by atoms with Crippen LogP contribution in [0.4, 0.5) is 11.5 Å². The number of nitrogens with zero attached hydrogens (tertiary/aromatic N) is 3. The van der Waals surface area contributed by atoms with Crippen LogP contribution in [0.5, 0.6) is 5.75 Å². The lowest BCUT2D eigenvalue weighted by Crippen LogP contribution is -2.21. The van der Waals surface area contributed by atoms with E-state index in [4.69, 9.17) is 0 Å². The summed E-state index contributed by atoms with van der Waals surface area (Å²) < 4.78 is 1.01. The third-order valence-corrected chi connectivity index (χ3v) is 6.75. The van der Waals surface area contributed by atoms with Crippen molar-refractivity contribution in [2.45, 2.75) is 19.3 Å². The van der Waals surface area contributed by atoms with Crippen LogP contribution in [0.15, 0.2) is 60.9 Å². The van der Waals surface area contributed by atoms with Crippen molar-refractivity contribution in [1.29, 1.82) is 0 Å². The number of aromatic hydroxyl groups is 1. The average Bonchev–Trinajstić information content (AvgIpc) is 3.43. The summed E-state index contributed by atoms with van der Waals surface area (Å²) in [5.74, 6) is 0.978. The largest absolute Gasteiger partial charge is 0.508 e. The van der Waals surface area contributed by atoms with Crippen molar-refractivity contribution in [3.8, 4) is 16.2 Å². The summed E-state index contributed by atoms with van der Waals surface area (Å²) in [4.78, 5) is 12.6. The van der Waals surface area contributed by atoms with Crippen LogP contribution < -0.4 is 5.32 Å². The molecule has 1 aliphatic rings. The van der Waals surface area contributed by atoms with Crippen LogP contribution in [0, 0.1) is 0 Å². The van der Waals surface area contributed by atoms with Crippen molar-refractivity contribution < 1.29 is 5.11 Å². The van der Waals surface area contributed by atoms with E-state index >= 15 is 0 Å². The van der Waals surface area contributed by atoms with Gasteiger partial charge in [0.05, 0.1) is 10.2 Å². The van der Waals surface area contributed by atoms with Crippen LogP contribution in [0.3, 0.4) is 0 Å². The molecular formula is C24H24N4OS. The number of likely N-dealkylation sites (tertiary alicyclic amines) is 1. The lowest BCUT2D eigenvalue weighted by molar-refractivity contribution is 0.343. The summed E-state index contributed by atoms with van der Waals surface area (Å²) in [6.45, 7) is 3.65. The number of nitrogens with one attached hydrogen (secondary N) is 1. The maximum absolute atomic E-state index is 9.71. The highest BCUT2D eigenvalue weighted by atomic mass is 32.1. The molecule has 0 unspecified atom stereocenters. The number of hydrogen-bond acceptors (Lipinski definition) is 6. The van der Waals surface area contributed by atoms with Gasteiger partial charge < -0.3 is 15.3 Å². The predicted molar refractivity (Wildman–Crippen MR) is 124 cm³/mol. The number of anilines is 2. The second kappa shape index (κ2) is 8.42. The zero-order valence-corrected chi connectivity index (χ0v) is 17.5. The molecule has 152 valence electrons. The molecule has 0 spiro atoms. The highest BCUT2D eigenvalue weighted by Gasteiger charge is 2.12. The van der Waals surface area contributed by atoms with Gasteiger partial charge >= 0.3 is 0 Å². The van der Waals surface area contributed by atoms with Gasteiger partial charge in [-0.2, -0.15) is 0 Å². The first kappa shape index (κ1) is 19.0. The first-order valence-electron chi connectivity index (χ1n) is 10.4. The standard InChI is InChI=1S/C24H24N4OS/c29-20-5-3-4-19(14-20)27-24-23-21(25-16-26-24)15-22(30-23)18-8-6-17(7-9-18)10-13-28-11-1-2-12-28/h3-9,14-16,29H,1-2,10-13H2,(H,25,26,27). The van der Waals surface area contributed by atoms with E-state index in [9.17, 15) is 5.11 Å². The van der Waals surface area contributed by atoms with Crippen LogP contribution in [0.1, 0.15) is 18.4 Å². The highest BCUT2D eigenvalue weighted by Crippen LogP contribution is 2.36. The van der Waals surface area contributed by atoms with Crippen molar-refractivity contribution in [3.05, 3.63) is 66.5 Å². The number of phenols is 1.